The first kappa shape index (κ1) is 13.0. The summed E-state index contributed by atoms with van der Waals surface area (Å²) >= 11 is 0. The average molecular weight is 249 g/mol. The topological polar surface area (TPSA) is 77.2 Å². The summed E-state index contributed by atoms with van der Waals surface area (Å²) in [5.41, 5.74) is 6.15. The molecule has 5 heteroatoms. The van der Waals surface area contributed by atoms with Gasteiger partial charge in [0.05, 0.1) is 5.41 Å². The minimum absolute atomic E-state index is 0.0496. The molecule has 1 aliphatic heterocycles. The third-order valence-electron chi connectivity index (χ3n) is 3.45. The molecule has 1 saturated heterocycles. The van der Waals surface area contributed by atoms with Crippen LogP contribution in [0, 0.1) is 12.3 Å². The normalized spacial score (nSPS) is 18.3. The van der Waals surface area contributed by atoms with Crippen molar-refractivity contribution in [3.63, 3.8) is 0 Å². The lowest BCUT2D eigenvalue weighted by atomic mass is 9.79. The molecule has 0 radical (unpaired) electrons. The number of nitrogens with one attached hydrogen (secondary N) is 1. The van der Waals surface area contributed by atoms with E-state index in [1.807, 2.05) is 19.1 Å². The van der Waals surface area contributed by atoms with Crippen molar-refractivity contribution < 1.29 is 9.53 Å². The van der Waals surface area contributed by atoms with E-state index in [0.29, 0.717) is 38.4 Å². The molecule has 1 aliphatic rings. The molecule has 0 spiro atoms. The fourth-order valence-electron chi connectivity index (χ4n) is 2.15. The molecule has 0 unspecified atom stereocenters. The summed E-state index contributed by atoms with van der Waals surface area (Å²) in [5, 5.41) is 2.86. The molecule has 1 amide bonds. The Balaban J connectivity index is 2.10. The van der Waals surface area contributed by atoms with Gasteiger partial charge in [-0.15, -0.1) is 0 Å². The smallest absolute Gasteiger partial charge is 0.233 e. The van der Waals surface area contributed by atoms with Crippen LogP contribution >= 0.6 is 0 Å². The van der Waals surface area contributed by atoms with Crippen LogP contribution in [-0.4, -0.2) is 30.6 Å². The van der Waals surface area contributed by atoms with E-state index < -0.39 is 5.41 Å². The van der Waals surface area contributed by atoms with Gasteiger partial charge in [-0.3, -0.25) is 4.79 Å². The van der Waals surface area contributed by atoms with Crippen molar-refractivity contribution in [3.8, 4) is 0 Å². The molecular weight excluding hydrogens is 230 g/mol. The standard InChI is InChI=1S/C13H19N3O2/c1-10-3-2-4-11(15-10)16-12(17)13(9-14)5-7-18-8-6-13/h2-4H,5-9,14H2,1H3,(H,15,16,17). The van der Waals surface area contributed by atoms with Gasteiger partial charge in [0.25, 0.3) is 0 Å². The molecule has 18 heavy (non-hydrogen) atoms. The van der Waals surface area contributed by atoms with Gasteiger partial charge in [-0.25, -0.2) is 4.98 Å². The molecule has 0 aromatic carbocycles. The maximum atomic E-state index is 12.3. The quantitative estimate of drug-likeness (QED) is 0.840. The Bertz CT molecular complexity index is 428. The van der Waals surface area contributed by atoms with Crippen molar-refractivity contribution in [3.05, 3.63) is 23.9 Å². The number of hydrogen-bond donors (Lipinski definition) is 2. The summed E-state index contributed by atoms with van der Waals surface area (Å²) in [6, 6.07) is 5.55. The van der Waals surface area contributed by atoms with Crippen molar-refractivity contribution in [1.82, 2.24) is 4.98 Å². The Morgan fingerprint density at radius 2 is 2.22 bits per heavy atom. The number of anilines is 1. The third kappa shape index (κ3) is 2.68. The van der Waals surface area contributed by atoms with Gasteiger partial charge in [0.1, 0.15) is 5.82 Å². The Labute approximate surface area is 107 Å². The number of aromatic nitrogens is 1. The summed E-state index contributed by atoms with van der Waals surface area (Å²) in [5.74, 6) is 0.533. The van der Waals surface area contributed by atoms with Crippen LogP contribution < -0.4 is 11.1 Å². The Kier molecular flexibility index (Phi) is 3.93. The average Bonchev–Trinajstić information content (AvgIpc) is 2.39. The number of aryl methyl sites for hydroxylation is 1. The van der Waals surface area contributed by atoms with Gasteiger partial charge >= 0.3 is 0 Å². The van der Waals surface area contributed by atoms with E-state index in [4.69, 9.17) is 10.5 Å². The van der Waals surface area contributed by atoms with E-state index in [0.717, 1.165) is 5.69 Å². The highest BCUT2D eigenvalue weighted by Gasteiger charge is 2.38. The summed E-state index contributed by atoms with van der Waals surface area (Å²) in [7, 11) is 0. The van der Waals surface area contributed by atoms with Crippen LogP contribution in [0.4, 0.5) is 5.82 Å². The van der Waals surface area contributed by atoms with Crippen LogP contribution in [0.3, 0.4) is 0 Å². The second kappa shape index (κ2) is 5.46. The van der Waals surface area contributed by atoms with Crippen LogP contribution in [0.5, 0.6) is 0 Å². The number of hydrogen-bond acceptors (Lipinski definition) is 4. The molecule has 1 aromatic rings. The molecule has 1 aromatic heterocycles. The van der Waals surface area contributed by atoms with Crippen molar-refractivity contribution in [2.75, 3.05) is 25.1 Å². The zero-order valence-electron chi connectivity index (χ0n) is 10.6. The van der Waals surface area contributed by atoms with Gasteiger partial charge in [0, 0.05) is 25.5 Å². The summed E-state index contributed by atoms with van der Waals surface area (Å²) in [6.45, 7) is 3.41. The number of carbonyl (C=O) groups excluding carboxylic acids is 1. The lowest BCUT2D eigenvalue weighted by Gasteiger charge is -2.34. The number of ether oxygens (including phenoxy) is 1. The number of carbonyl (C=O) groups is 1. The van der Waals surface area contributed by atoms with Crippen molar-refractivity contribution in [2.45, 2.75) is 19.8 Å². The monoisotopic (exact) mass is 249 g/mol. The van der Waals surface area contributed by atoms with Gasteiger partial charge < -0.3 is 15.8 Å². The first-order valence-corrected chi connectivity index (χ1v) is 6.19. The lowest BCUT2D eigenvalue weighted by molar-refractivity contribution is -0.130. The Hall–Kier alpha value is -1.46. The van der Waals surface area contributed by atoms with Crippen molar-refractivity contribution >= 4 is 11.7 Å². The predicted molar refractivity (Wildman–Crippen MR) is 69.1 cm³/mol. The number of nitrogens with two attached hydrogens (primary N) is 1. The molecule has 3 N–H and O–H groups in total. The van der Waals surface area contributed by atoms with E-state index in [9.17, 15) is 4.79 Å². The summed E-state index contributed by atoms with van der Waals surface area (Å²) in [4.78, 5) is 16.6. The highest BCUT2D eigenvalue weighted by molar-refractivity contribution is 5.94. The zero-order chi connectivity index (χ0) is 13.0. The minimum atomic E-state index is -0.510. The van der Waals surface area contributed by atoms with Gasteiger partial charge in [-0.2, -0.15) is 0 Å². The lowest BCUT2D eigenvalue weighted by Crippen LogP contribution is -2.46. The SMILES string of the molecule is Cc1cccc(NC(=O)C2(CN)CCOCC2)n1. The molecule has 5 nitrogen and oxygen atoms in total. The number of nitrogens with zero attached hydrogens (tertiary/aromatic N) is 1. The van der Waals surface area contributed by atoms with Crippen LogP contribution in [0.25, 0.3) is 0 Å². The van der Waals surface area contributed by atoms with E-state index >= 15 is 0 Å². The van der Waals surface area contributed by atoms with E-state index in [1.54, 1.807) is 6.07 Å². The molecule has 0 saturated carbocycles. The maximum Gasteiger partial charge on any atom is 0.233 e. The summed E-state index contributed by atoms with van der Waals surface area (Å²) < 4.78 is 5.29. The van der Waals surface area contributed by atoms with E-state index in [2.05, 4.69) is 10.3 Å². The third-order valence-corrected chi connectivity index (χ3v) is 3.45. The molecule has 0 atom stereocenters. The largest absolute Gasteiger partial charge is 0.381 e. The van der Waals surface area contributed by atoms with Gasteiger partial charge in [0.2, 0.25) is 5.91 Å². The van der Waals surface area contributed by atoms with Crippen LogP contribution in [0.1, 0.15) is 18.5 Å². The van der Waals surface area contributed by atoms with Crippen molar-refractivity contribution in [2.24, 2.45) is 11.1 Å². The summed E-state index contributed by atoms with van der Waals surface area (Å²) in [6.07, 6.45) is 1.34. The second-order valence-corrected chi connectivity index (χ2v) is 4.72. The Morgan fingerprint density at radius 1 is 1.50 bits per heavy atom. The fourth-order valence-corrected chi connectivity index (χ4v) is 2.15. The zero-order valence-corrected chi connectivity index (χ0v) is 10.6. The Morgan fingerprint density at radius 3 is 2.83 bits per heavy atom. The predicted octanol–water partition coefficient (Wildman–Crippen LogP) is 1.08. The number of rotatable bonds is 3. The van der Waals surface area contributed by atoms with Crippen LogP contribution in [0.15, 0.2) is 18.2 Å². The minimum Gasteiger partial charge on any atom is -0.381 e. The first-order chi connectivity index (χ1) is 8.66. The van der Waals surface area contributed by atoms with E-state index in [1.165, 1.54) is 0 Å². The van der Waals surface area contributed by atoms with Crippen molar-refractivity contribution in [1.29, 1.82) is 0 Å². The highest BCUT2D eigenvalue weighted by Crippen LogP contribution is 2.30. The number of amides is 1. The maximum absolute atomic E-state index is 12.3. The van der Waals surface area contributed by atoms with Crippen LogP contribution in [0.2, 0.25) is 0 Å². The molecule has 0 aliphatic carbocycles. The highest BCUT2D eigenvalue weighted by atomic mass is 16.5. The van der Waals surface area contributed by atoms with Gasteiger partial charge in [-0.05, 0) is 31.9 Å². The van der Waals surface area contributed by atoms with Gasteiger partial charge in [-0.1, -0.05) is 6.07 Å². The number of pyridine rings is 1. The second-order valence-electron chi connectivity index (χ2n) is 4.72. The molecule has 1 fully saturated rings. The fraction of sp³-hybridized carbons (Fsp3) is 0.538. The first-order valence-electron chi connectivity index (χ1n) is 6.19. The molecular formula is C13H19N3O2. The molecule has 98 valence electrons. The molecule has 0 bridgehead atoms. The van der Waals surface area contributed by atoms with E-state index in [-0.39, 0.29) is 5.91 Å². The van der Waals surface area contributed by atoms with Gasteiger partial charge in [0.15, 0.2) is 0 Å². The molecule has 2 rings (SSSR count). The van der Waals surface area contributed by atoms with Crippen LogP contribution in [-0.2, 0) is 9.53 Å². The molecule has 2 heterocycles.